The van der Waals surface area contributed by atoms with E-state index in [-0.39, 0.29) is 29.5 Å². The molecule has 78 valence electrons. The van der Waals surface area contributed by atoms with Gasteiger partial charge in [0.15, 0.2) is 0 Å². The summed E-state index contributed by atoms with van der Waals surface area (Å²) in [6.45, 7) is 0. The molecule has 0 bridgehead atoms. The summed E-state index contributed by atoms with van der Waals surface area (Å²) in [4.78, 5) is 16.4. The smallest absolute Gasteiger partial charge is 0.261 e. The molecule has 0 spiro atoms. The number of fused-ring (bicyclic) bond motifs is 2. The molecule has 1 aliphatic carbocycles. The Morgan fingerprint density at radius 1 is 1.27 bits per heavy atom. The topological polar surface area (TPSA) is 34.4 Å². The fraction of sp³-hybridized carbons (Fsp3) is 0.273. The molecule has 0 radical (unpaired) electrons. The van der Waals surface area contributed by atoms with Crippen molar-refractivity contribution in [2.45, 2.75) is 19.3 Å². The minimum atomic E-state index is 0. The van der Waals surface area contributed by atoms with Crippen LogP contribution in [0.15, 0.2) is 29.2 Å². The fourth-order valence-corrected chi connectivity index (χ4v) is 2.06. The summed E-state index contributed by atoms with van der Waals surface area (Å²) in [5, 5.41) is 0. The van der Waals surface area contributed by atoms with Crippen LogP contribution in [0.25, 0.3) is 5.65 Å². The molecule has 15 heavy (non-hydrogen) atoms. The van der Waals surface area contributed by atoms with Crippen LogP contribution in [-0.2, 0) is 12.8 Å². The zero-order valence-electron chi connectivity index (χ0n) is 8.14. The Hall–Kier alpha value is -0.910. The molecule has 4 heteroatoms. The average Bonchev–Trinajstić information content (AvgIpc) is 2.66. The van der Waals surface area contributed by atoms with Gasteiger partial charge in [-0.15, -0.1) is 24.0 Å². The highest BCUT2D eigenvalue weighted by molar-refractivity contribution is 14.0. The first-order chi connectivity index (χ1) is 6.86. The van der Waals surface area contributed by atoms with E-state index in [0.717, 1.165) is 36.2 Å². The van der Waals surface area contributed by atoms with E-state index >= 15 is 0 Å². The van der Waals surface area contributed by atoms with Gasteiger partial charge in [0.05, 0.1) is 5.69 Å². The first-order valence-electron chi connectivity index (χ1n) is 4.85. The summed E-state index contributed by atoms with van der Waals surface area (Å²) in [6, 6.07) is 5.64. The zero-order chi connectivity index (χ0) is 9.54. The SMILES string of the molecule is I.O=c1c2c(nc3ccccn13)CCC2. The summed E-state index contributed by atoms with van der Waals surface area (Å²) in [7, 11) is 0. The van der Waals surface area contributed by atoms with Crippen molar-refractivity contribution in [3.05, 3.63) is 46.0 Å². The van der Waals surface area contributed by atoms with Gasteiger partial charge in [0.25, 0.3) is 5.56 Å². The molecule has 3 rings (SSSR count). The lowest BCUT2D eigenvalue weighted by Crippen LogP contribution is -2.19. The quantitative estimate of drug-likeness (QED) is 0.695. The van der Waals surface area contributed by atoms with Gasteiger partial charge in [0, 0.05) is 11.8 Å². The second-order valence-electron chi connectivity index (χ2n) is 3.62. The number of aryl methyl sites for hydroxylation is 1. The molecule has 0 aliphatic heterocycles. The average molecular weight is 314 g/mol. The Labute approximate surface area is 104 Å². The maximum Gasteiger partial charge on any atom is 0.261 e. The lowest BCUT2D eigenvalue weighted by molar-refractivity contribution is 0.899. The maximum atomic E-state index is 11.9. The first kappa shape index (κ1) is 10.6. The molecule has 0 amide bonds. The third-order valence-corrected chi connectivity index (χ3v) is 2.75. The van der Waals surface area contributed by atoms with Crippen LogP contribution in [0.3, 0.4) is 0 Å². The summed E-state index contributed by atoms with van der Waals surface area (Å²) in [5.74, 6) is 0. The van der Waals surface area contributed by atoms with Gasteiger partial charge in [-0.1, -0.05) is 6.07 Å². The fourth-order valence-electron chi connectivity index (χ4n) is 2.06. The van der Waals surface area contributed by atoms with Crippen molar-refractivity contribution in [2.75, 3.05) is 0 Å². The highest BCUT2D eigenvalue weighted by Gasteiger charge is 2.17. The van der Waals surface area contributed by atoms with Crippen LogP contribution >= 0.6 is 24.0 Å². The molecule has 3 nitrogen and oxygen atoms in total. The van der Waals surface area contributed by atoms with Gasteiger partial charge >= 0.3 is 0 Å². The van der Waals surface area contributed by atoms with E-state index in [1.54, 1.807) is 10.6 Å². The monoisotopic (exact) mass is 314 g/mol. The van der Waals surface area contributed by atoms with E-state index in [1.165, 1.54) is 0 Å². The number of nitrogens with zero attached hydrogens (tertiary/aromatic N) is 2. The van der Waals surface area contributed by atoms with E-state index in [1.807, 2.05) is 18.2 Å². The van der Waals surface area contributed by atoms with Crippen LogP contribution in [-0.4, -0.2) is 9.38 Å². The number of halogens is 1. The lowest BCUT2D eigenvalue weighted by atomic mass is 10.2. The number of pyridine rings is 1. The Kier molecular flexibility index (Phi) is 2.77. The first-order valence-corrected chi connectivity index (χ1v) is 4.85. The van der Waals surface area contributed by atoms with E-state index in [4.69, 9.17) is 0 Å². The van der Waals surface area contributed by atoms with E-state index in [2.05, 4.69) is 4.98 Å². The Morgan fingerprint density at radius 2 is 2.13 bits per heavy atom. The van der Waals surface area contributed by atoms with Crippen molar-refractivity contribution >= 4 is 29.6 Å². The van der Waals surface area contributed by atoms with Crippen molar-refractivity contribution in [1.82, 2.24) is 9.38 Å². The van der Waals surface area contributed by atoms with Gasteiger partial charge in [0.2, 0.25) is 0 Å². The normalized spacial score (nSPS) is 13.6. The Balaban J connectivity index is 0.000000853. The molecule has 2 heterocycles. The molecule has 2 aromatic heterocycles. The Morgan fingerprint density at radius 3 is 3.00 bits per heavy atom. The molecule has 0 N–H and O–H groups in total. The van der Waals surface area contributed by atoms with Crippen molar-refractivity contribution in [3.8, 4) is 0 Å². The van der Waals surface area contributed by atoms with Gasteiger partial charge < -0.3 is 0 Å². The third-order valence-electron chi connectivity index (χ3n) is 2.75. The Bertz CT molecular complexity index is 562. The molecule has 0 fully saturated rings. The summed E-state index contributed by atoms with van der Waals surface area (Å²) < 4.78 is 1.63. The number of hydrogen-bond acceptors (Lipinski definition) is 2. The number of rotatable bonds is 0. The molecule has 0 unspecified atom stereocenters. The second kappa shape index (κ2) is 3.92. The van der Waals surface area contributed by atoms with E-state index in [0.29, 0.717) is 0 Å². The van der Waals surface area contributed by atoms with E-state index in [9.17, 15) is 4.79 Å². The number of aromatic nitrogens is 2. The van der Waals surface area contributed by atoms with Crippen molar-refractivity contribution < 1.29 is 0 Å². The maximum absolute atomic E-state index is 11.9. The lowest BCUT2D eigenvalue weighted by Gasteiger charge is -2.02. The summed E-state index contributed by atoms with van der Waals surface area (Å²) in [6.07, 6.45) is 4.69. The largest absolute Gasteiger partial charge is 0.269 e. The molecular formula is C11H11IN2O. The second-order valence-corrected chi connectivity index (χ2v) is 3.62. The van der Waals surface area contributed by atoms with Crippen LogP contribution in [0.4, 0.5) is 0 Å². The standard InChI is InChI=1S/C11H10N2O.HI/c14-11-8-4-3-5-9(8)12-10-6-1-2-7-13(10)11;/h1-2,6-7H,3-5H2;1H. The minimum absolute atomic E-state index is 0. The van der Waals surface area contributed by atoms with Crippen LogP contribution in [0.5, 0.6) is 0 Å². The van der Waals surface area contributed by atoms with E-state index < -0.39 is 0 Å². The van der Waals surface area contributed by atoms with Crippen molar-refractivity contribution in [2.24, 2.45) is 0 Å². The molecular weight excluding hydrogens is 303 g/mol. The van der Waals surface area contributed by atoms with Crippen LogP contribution in [0, 0.1) is 0 Å². The van der Waals surface area contributed by atoms with Crippen LogP contribution in [0.1, 0.15) is 17.7 Å². The molecule has 1 aliphatic rings. The zero-order valence-corrected chi connectivity index (χ0v) is 10.5. The predicted molar refractivity (Wildman–Crippen MR) is 68.9 cm³/mol. The molecule has 2 aromatic rings. The van der Waals surface area contributed by atoms with Crippen molar-refractivity contribution in [3.63, 3.8) is 0 Å². The predicted octanol–water partition coefficient (Wildman–Crippen LogP) is 1.80. The summed E-state index contributed by atoms with van der Waals surface area (Å²) >= 11 is 0. The van der Waals surface area contributed by atoms with Crippen molar-refractivity contribution in [1.29, 1.82) is 0 Å². The third kappa shape index (κ3) is 1.56. The van der Waals surface area contributed by atoms with Crippen LogP contribution < -0.4 is 5.56 Å². The molecule has 0 aromatic carbocycles. The number of hydrogen-bond donors (Lipinski definition) is 0. The van der Waals surface area contributed by atoms with Crippen LogP contribution in [0.2, 0.25) is 0 Å². The highest BCUT2D eigenvalue weighted by atomic mass is 127. The molecule has 0 saturated carbocycles. The van der Waals surface area contributed by atoms with Gasteiger partial charge in [-0.05, 0) is 31.4 Å². The summed E-state index contributed by atoms with van der Waals surface area (Å²) in [5.41, 5.74) is 2.79. The molecule has 0 atom stereocenters. The van der Waals surface area contributed by atoms with Gasteiger partial charge in [-0.3, -0.25) is 9.20 Å². The van der Waals surface area contributed by atoms with Gasteiger partial charge in [-0.25, -0.2) is 4.98 Å². The highest BCUT2D eigenvalue weighted by Crippen LogP contribution is 2.16. The van der Waals surface area contributed by atoms with Gasteiger partial charge in [-0.2, -0.15) is 0 Å². The molecule has 0 saturated heterocycles. The minimum Gasteiger partial charge on any atom is -0.269 e. The van der Waals surface area contributed by atoms with Gasteiger partial charge in [0.1, 0.15) is 5.65 Å².